The number of furan rings is 1. The van der Waals surface area contributed by atoms with Gasteiger partial charge in [-0.3, -0.25) is 4.79 Å². The minimum atomic E-state index is -3.89. The Morgan fingerprint density at radius 2 is 1.76 bits per heavy atom. The molecule has 1 aromatic heterocycles. The van der Waals surface area contributed by atoms with E-state index >= 15 is 0 Å². The van der Waals surface area contributed by atoms with Gasteiger partial charge in [-0.2, -0.15) is 4.31 Å². The van der Waals surface area contributed by atoms with Crippen LogP contribution < -0.4 is 4.90 Å². The Balaban J connectivity index is 1.47. The molecule has 9 heteroatoms. The van der Waals surface area contributed by atoms with Gasteiger partial charge in [0.2, 0.25) is 15.9 Å². The number of halogens is 1. The van der Waals surface area contributed by atoms with Gasteiger partial charge in [0.25, 0.3) is 0 Å². The summed E-state index contributed by atoms with van der Waals surface area (Å²) in [6, 6.07) is 17.6. The quantitative estimate of drug-likeness (QED) is 0.507. The van der Waals surface area contributed by atoms with E-state index in [2.05, 4.69) is 4.90 Å². The first-order valence-corrected chi connectivity index (χ1v) is 12.5. The molecule has 174 valence electrons. The first kappa shape index (κ1) is 23.4. The summed E-state index contributed by atoms with van der Waals surface area (Å²) in [5.41, 5.74) is 1.97. The van der Waals surface area contributed by atoms with Crippen molar-refractivity contribution in [3.8, 4) is 0 Å². The Morgan fingerprint density at radius 3 is 2.39 bits per heavy atom. The Morgan fingerprint density at radius 1 is 1.03 bits per heavy atom. The normalized spacial score (nSPS) is 14.6. The van der Waals surface area contributed by atoms with E-state index in [1.807, 2.05) is 31.2 Å². The average molecular weight is 488 g/mol. The number of hydrogen-bond acceptors (Lipinski definition) is 5. The van der Waals surface area contributed by atoms with E-state index in [0.717, 1.165) is 11.3 Å². The minimum Gasteiger partial charge on any atom is -0.468 e. The molecule has 0 spiro atoms. The van der Waals surface area contributed by atoms with Crippen molar-refractivity contribution < 1.29 is 17.6 Å². The van der Waals surface area contributed by atoms with Crippen molar-refractivity contribution in [1.82, 2.24) is 9.21 Å². The fourth-order valence-corrected chi connectivity index (χ4v) is 5.34. The smallest absolute Gasteiger partial charge is 0.243 e. The van der Waals surface area contributed by atoms with Crippen LogP contribution >= 0.6 is 11.6 Å². The van der Waals surface area contributed by atoms with Gasteiger partial charge >= 0.3 is 0 Å². The Bertz CT molecular complexity index is 1190. The molecule has 1 saturated heterocycles. The summed E-state index contributed by atoms with van der Waals surface area (Å²) in [6.45, 7) is 3.92. The van der Waals surface area contributed by atoms with E-state index in [-0.39, 0.29) is 23.9 Å². The molecule has 0 unspecified atom stereocenters. The van der Waals surface area contributed by atoms with Gasteiger partial charge < -0.3 is 14.2 Å². The second-order valence-electron chi connectivity index (χ2n) is 8.01. The highest BCUT2D eigenvalue weighted by atomic mass is 35.5. The summed E-state index contributed by atoms with van der Waals surface area (Å²) in [5.74, 6) is 0.243. The number of carbonyl (C=O) groups excluding carboxylic acids is 1. The van der Waals surface area contributed by atoms with Crippen LogP contribution in [0, 0.1) is 6.92 Å². The second-order valence-corrected chi connectivity index (χ2v) is 10.4. The van der Waals surface area contributed by atoms with Crippen LogP contribution in [-0.4, -0.2) is 56.3 Å². The zero-order chi connectivity index (χ0) is 23.4. The summed E-state index contributed by atoms with van der Waals surface area (Å²) in [5, 5.41) is 0.667. The predicted octanol–water partition coefficient (Wildman–Crippen LogP) is 3.78. The third-order valence-corrected chi connectivity index (χ3v) is 7.73. The first-order valence-electron chi connectivity index (χ1n) is 10.7. The van der Waals surface area contributed by atoms with Crippen LogP contribution in [0.15, 0.2) is 76.2 Å². The van der Waals surface area contributed by atoms with Crippen molar-refractivity contribution in [3.63, 3.8) is 0 Å². The number of anilines is 1. The molecule has 33 heavy (non-hydrogen) atoms. The molecule has 3 aromatic rings. The maximum atomic E-state index is 13.3. The van der Waals surface area contributed by atoms with E-state index in [0.29, 0.717) is 37.0 Å². The minimum absolute atomic E-state index is 0.0164. The fourth-order valence-electron chi connectivity index (χ4n) is 3.80. The molecular weight excluding hydrogens is 462 g/mol. The molecular formula is C24H26ClN3O4S. The monoisotopic (exact) mass is 487 g/mol. The van der Waals surface area contributed by atoms with Crippen molar-refractivity contribution in [2.24, 2.45) is 0 Å². The molecule has 4 rings (SSSR count). The molecule has 0 N–H and O–H groups in total. The van der Waals surface area contributed by atoms with Gasteiger partial charge in [-0.05, 0) is 49.4 Å². The third-order valence-electron chi connectivity index (χ3n) is 5.69. The lowest BCUT2D eigenvalue weighted by Gasteiger charge is -2.37. The zero-order valence-corrected chi connectivity index (χ0v) is 19.9. The maximum absolute atomic E-state index is 13.3. The van der Waals surface area contributed by atoms with Crippen LogP contribution in [0.1, 0.15) is 11.3 Å². The first-order chi connectivity index (χ1) is 15.8. The van der Waals surface area contributed by atoms with Crippen molar-refractivity contribution in [2.75, 3.05) is 37.6 Å². The topological polar surface area (TPSA) is 74.1 Å². The van der Waals surface area contributed by atoms with Gasteiger partial charge in [-0.1, -0.05) is 35.4 Å². The molecule has 7 nitrogen and oxygen atoms in total. The lowest BCUT2D eigenvalue weighted by molar-refractivity contribution is -0.131. The Hall–Kier alpha value is -2.81. The SMILES string of the molecule is Cc1ccc(S(=O)(=O)N(CC(=O)N2CCN(c3cccc(Cl)c3)CC2)Cc2ccco2)cc1. The van der Waals surface area contributed by atoms with Crippen molar-refractivity contribution in [1.29, 1.82) is 0 Å². The summed E-state index contributed by atoms with van der Waals surface area (Å²) < 4.78 is 33.2. The largest absolute Gasteiger partial charge is 0.468 e. The van der Waals surface area contributed by atoms with Crippen LogP contribution in [-0.2, 0) is 21.4 Å². The highest BCUT2D eigenvalue weighted by Crippen LogP contribution is 2.22. The predicted molar refractivity (Wildman–Crippen MR) is 128 cm³/mol. The number of sulfonamides is 1. The Kier molecular flexibility index (Phi) is 7.07. The number of piperazine rings is 1. The molecule has 0 saturated carbocycles. The number of benzene rings is 2. The summed E-state index contributed by atoms with van der Waals surface area (Å²) >= 11 is 6.10. The van der Waals surface area contributed by atoms with Gasteiger partial charge in [-0.15, -0.1) is 0 Å². The molecule has 1 amide bonds. The molecule has 0 atom stereocenters. The maximum Gasteiger partial charge on any atom is 0.243 e. The molecule has 0 radical (unpaired) electrons. The number of nitrogens with zero attached hydrogens (tertiary/aromatic N) is 3. The number of rotatable bonds is 7. The summed E-state index contributed by atoms with van der Waals surface area (Å²) in [6.07, 6.45) is 1.49. The number of carbonyl (C=O) groups is 1. The standard InChI is InChI=1S/C24H26ClN3O4S/c1-19-7-9-23(10-8-19)33(30,31)28(17-22-6-3-15-32-22)18-24(29)27-13-11-26(12-14-27)21-5-2-4-20(25)16-21/h2-10,15-16H,11-14,17-18H2,1H3. The molecule has 1 aliphatic heterocycles. The highest BCUT2D eigenvalue weighted by Gasteiger charge is 2.30. The van der Waals surface area contributed by atoms with Gasteiger partial charge in [-0.25, -0.2) is 8.42 Å². The lowest BCUT2D eigenvalue weighted by Crippen LogP contribution is -2.51. The Labute approximate surface area is 199 Å². The summed E-state index contributed by atoms with van der Waals surface area (Å²) in [4.78, 5) is 17.1. The number of aryl methyl sites for hydroxylation is 1. The second kappa shape index (κ2) is 9.99. The van der Waals surface area contributed by atoms with E-state index in [1.54, 1.807) is 41.3 Å². The third kappa shape index (κ3) is 5.58. The van der Waals surface area contributed by atoms with Crippen LogP contribution in [0.5, 0.6) is 0 Å². The molecule has 2 heterocycles. The van der Waals surface area contributed by atoms with Gasteiger partial charge in [0.1, 0.15) is 5.76 Å². The van der Waals surface area contributed by atoms with Crippen LogP contribution in [0.2, 0.25) is 5.02 Å². The highest BCUT2D eigenvalue weighted by molar-refractivity contribution is 7.89. The van der Waals surface area contributed by atoms with E-state index in [1.165, 1.54) is 10.6 Å². The molecule has 2 aromatic carbocycles. The number of hydrogen-bond donors (Lipinski definition) is 0. The van der Waals surface area contributed by atoms with Gasteiger partial charge in [0.15, 0.2) is 0 Å². The van der Waals surface area contributed by atoms with Crippen molar-refractivity contribution in [2.45, 2.75) is 18.4 Å². The van der Waals surface area contributed by atoms with E-state index in [9.17, 15) is 13.2 Å². The van der Waals surface area contributed by atoms with E-state index < -0.39 is 10.0 Å². The molecule has 0 aliphatic carbocycles. The molecule has 1 fully saturated rings. The van der Waals surface area contributed by atoms with Gasteiger partial charge in [0, 0.05) is 36.9 Å². The van der Waals surface area contributed by atoms with Gasteiger partial charge in [0.05, 0.1) is 24.2 Å². The van der Waals surface area contributed by atoms with Crippen LogP contribution in [0.3, 0.4) is 0 Å². The zero-order valence-electron chi connectivity index (χ0n) is 18.4. The summed E-state index contributed by atoms with van der Waals surface area (Å²) in [7, 11) is -3.89. The average Bonchev–Trinajstić information content (AvgIpc) is 3.32. The van der Waals surface area contributed by atoms with Crippen LogP contribution in [0.4, 0.5) is 5.69 Å². The van der Waals surface area contributed by atoms with Crippen molar-refractivity contribution in [3.05, 3.63) is 83.3 Å². The number of amides is 1. The lowest BCUT2D eigenvalue weighted by atomic mass is 10.2. The molecule has 1 aliphatic rings. The van der Waals surface area contributed by atoms with Crippen molar-refractivity contribution >= 4 is 33.2 Å². The van der Waals surface area contributed by atoms with Crippen LogP contribution in [0.25, 0.3) is 0 Å². The molecule has 0 bridgehead atoms. The fraction of sp³-hybridized carbons (Fsp3) is 0.292. The van der Waals surface area contributed by atoms with E-state index in [4.69, 9.17) is 16.0 Å².